The summed E-state index contributed by atoms with van der Waals surface area (Å²) in [5.41, 5.74) is 4.12. The van der Waals surface area contributed by atoms with E-state index in [-0.39, 0.29) is 10.7 Å². The first kappa shape index (κ1) is 19.0. The maximum Gasteiger partial charge on any atom is 0.145 e. The van der Waals surface area contributed by atoms with Crippen molar-refractivity contribution < 1.29 is 9.47 Å². The number of hydrogen-bond acceptors (Lipinski definition) is 8. The number of anilines is 2. The van der Waals surface area contributed by atoms with E-state index < -0.39 is 0 Å². The van der Waals surface area contributed by atoms with E-state index in [1.165, 1.54) is 0 Å². The van der Waals surface area contributed by atoms with Crippen molar-refractivity contribution in [1.82, 2.24) is 9.97 Å². The number of pyridine rings is 1. The second kappa shape index (κ2) is 8.04. The predicted octanol–water partition coefficient (Wildman–Crippen LogP) is 5.30. The summed E-state index contributed by atoms with van der Waals surface area (Å²) < 4.78 is 11.8. The molecular formula is C22H20N4O2S2. The second-order valence-corrected chi connectivity index (χ2v) is 9.09. The molecule has 1 saturated heterocycles. The molecule has 0 spiro atoms. The fourth-order valence-electron chi connectivity index (χ4n) is 3.21. The Morgan fingerprint density at radius 1 is 0.967 bits per heavy atom. The first-order valence-electron chi connectivity index (χ1n) is 9.45. The Labute approximate surface area is 182 Å². The molecule has 5 rings (SSSR count). The van der Waals surface area contributed by atoms with Gasteiger partial charge in [0.1, 0.15) is 27.3 Å². The monoisotopic (exact) mass is 436 g/mol. The molecule has 0 radical (unpaired) electrons. The molecule has 2 unspecified atom stereocenters. The van der Waals surface area contributed by atoms with E-state index >= 15 is 0 Å². The molecule has 8 heteroatoms. The molecule has 1 aliphatic heterocycles. The van der Waals surface area contributed by atoms with Gasteiger partial charge in [0, 0.05) is 29.7 Å². The highest BCUT2D eigenvalue weighted by Gasteiger charge is 2.39. The number of thiazole rings is 1. The third-order valence-electron chi connectivity index (χ3n) is 4.81. The quantitative estimate of drug-likeness (QED) is 0.381. The van der Waals surface area contributed by atoms with Crippen LogP contribution in [0.5, 0.6) is 11.5 Å². The standard InChI is InChI=1S/C22H20N4O2S2/c1-27-15-6-7-16(18(11-15)28-2)25-22-21(30-22)24-14-5-3-4-13(10-14)20-26-17-8-9-23-12-19(17)29-20/h3-12,21-22,24-25H,1-2H3. The number of nitrogens with one attached hydrogen (secondary N) is 2. The lowest BCUT2D eigenvalue weighted by Gasteiger charge is -2.12. The Morgan fingerprint density at radius 2 is 1.87 bits per heavy atom. The molecule has 4 aromatic rings. The van der Waals surface area contributed by atoms with Crippen LogP contribution in [-0.4, -0.2) is 34.9 Å². The number of benzene rings is 2. The first-order chi connectivity index (χ1) is 14.7. The van der Waals surface area contributed by atoms with Crippen LogP contribution in [0.1, 0.15) is 0 Å². The predicted molar refractivity (Wildman–Crippen MR) is 125 cm³/mol. The second-order valence-electron chi connectivity index (χ2n) is 6.78. The van der Waals surface area contributed by atoms with Crippen LogP contribution in [0.25, 0.3) is 20.8 Å². The molecule has 2 atom stereocenters. The van der Waals surface area contributed by atoms with E-state index in [1.807, 2.05) is 42.2 Å². The Bertz CT molecular complexity index is 1160. The largest absolute Gasteiger partial charge is 0.497 e. The summed E-state index contributed by atoms with van der Waals surface area (Å²) in [7, 11) is 3.32. The molecule has 2 N–H and O–H groups in total. The molecule has 1 fully saturated rings. The summed E-state index contributed by atoms with van der Waals surface area (Å²) in [4.78, 5) is 8.91. The molecule has 2 aromatic heterocycles. The van der Waals surface area contributed by atoms with E-state index in [0.29, 0.717) is 0 Å². The average molecular weight is 437 g/mol. The van der Waals surface area contributed by atoms with Crippen LogP contribution >= 0.6 is 23.1 Å². The van der Waals surface area contributed by atoms with E-state index in [9.17, 15) is 0 Å². The van der Waals surface area contributed by atoms with Crippen LogP contribution in [-0.2, 0) is 0 Å². The van der Waals surface area contributed by atoms with E-state index in [1.54, 1.807) is 31.8 Å². The van der Waals surface area contributed by atoms with Gasteiger partial charge in [0.05, 0.1) is 30.1 Å². The third kappa shape index (κ3) is 3.88. The van der Waals surface area contributed by atoms with Crippen molar-refractivity contribution in [3.05, 3.63) is 60.9 Å². The van der Waals surface area contributed by atoms with Crippen LogP contribution in [0, 0.1) is 0 Å². The van der Waals surface area contributed by atoms with Gasteiger partial charge in [-0.25, -0.2) is 4.98 Å². The lowest BCUT2D eigenvalue weighted by molar-refractivity contribution is 0.395. The summed E-state index contributed by atoms with van der Waals surface area (Å²) in [5.74, 6) is 1.55. The topological polar surface area (TPSA) is 68.3 Å². The zero-order valence-electron chi connectivity index (χ0n) is 16.5. The molecule has 0 amide bonds. The van der Waals surface area contributed by atoms with Crippen LogP contribution in [0.2, 0.25) is 0 Å². The van der Waals surface area contributed by atoms with E-state index in [4.69, 9.17) is 14.5 Å². The highest BCUT2D eigenvalue weighted by Crippen LogP contribution is 2.44. The van der Waals surface area contributed by atoms with Gasteiger partial charge in [-0.15, -0.1) is 23.1 Å². The third-order valence-corrected chi connectivity index (χ3v) is 6.91. The van der Waals surface area contributed by atoms with E-state index in [2.05, 4.69) is 39.9 Å². The molecular weight excluding hydrogens is 416 g/mol. The first-order valence-corrected chi connectivity index (χ1v) is 11.2. The zero-order chi connectivity index (χ0) is 20.5. The molecule has 0 aliphatic carbocycles. The fraction of sp³-hybridized carbons (Fsp3) is 0.182. The van der Waals surface area contributed by atoms with Crippen molar-refractivity contribution in [2.75, 3.05) is 24.9 Å². The van der Waals surface area contributed by atoms with Gasteiger partial charge in [-0.05, 0) is 30.3 Å². The SMILES string of the molecule is COc1ccc(NC2SC2Nc2cccc(-c3nc4ccncc4s3)c2)c(OC)c1. The molecule has 2 aromatic carbocycles. The van der Waals surface area contributed by atoms with Gasteiger partial charge in [0.2, 0.25) is 0 Å². The van der Waals surface area contributed by atoms with Gasteiger partial charge in [0.25, 0.3) is 0 Å². The summed E-state index contributed by atoms with van der Waals surface area (Å²) in [6.45, 7) is 0. The minimum atomic E-state index is 0.268. The smallest absolute Gasteiger partial charge is 0.145 e. The van der Waals surface area contributed by atoms with Crippen LogP contribution in [0.4, 0.5) is 11.4 Å². The number of ether oxygens (including phenoxy) is 2. The van der Waals surface area contributed by atoms with Crippen molar-refractivity contribution in [3.63, 3.8) is 0 Å². The number of thioether (sulfide) groups is 1. The van der Waals surface area contributed by atoms with Crippen LogP contribution in [0.15, 0.2) is 60.9 Å². The highest BCUT2D eigenvalue weighted by atomic mass is 32.2. The zero-order valence-corrected chi connectivity index (χ0v) is 18.1. The van der Waals surface area contributed by atoms with Gasteiger partial charge in [-0.1, -0.05) is 12.1 Å². The van der Waals surface area contributed by atoms with Crippen LogP contribution < -0.4 is 20.1 Å². The minimum Gasteiger partial charge on any atom is -0.497 e. The molecule has 152 valence electrons. The summed E-state index contributed by atoms with van der Waals surface area (Å²) in [5, 5.41) is 8.67. The number of methoxy groups -OCH3 is 2. The molecule has 3 heterocycles. The number of fused-ring (bicyclic) bond motifs is 1. The lowest BCUT2D eigenvalue weighted by atomic mass is 10.2. The number of aromatic nitrogens is 2. The summed E-state index contributed by atoms with van der Waals surface area (Å²) in [6.07, 6.45) is 3.64. The van der Waals surface area contributed by atoms with Crippen molar-refractivity contribution in [2.24, 2.45) is 0 Å². The molecule has 30 heavy (non-hydrogen) atoms. The Hall–Kier alpha value is -2.97. The molecule has 1 aliphatic rings. The highest BCUT2D eigenvalue weighted by molar-refractivity contribution is 8.07. The fourth-order valence-corrected chi connectivity index (χ4v) is 4.90. The van der Waals surface area contributed by atoms with Gasteiger partial charge in [0.15, 0.2) is 0 Å². The van der Waals surface area contributed by atoms with Crippen molar-refractivity contribution in [2.45, 2.75) is 10.7 Å². The number of nitrogens with zero attached hydrogens (tertiary/aromatic N) is 2. The maximum absolute atomic E-state index is 5.48. The van der Waals surface area contributed by atoms with Crippen molar-refractivity contribution in [3.8, 4) is 22.1 Å². The van der Waals surface area contributed by atoms with Gasteiger partial charge >= 0.3 is 0 Å². The molecule has 0 saturated carbocycles. The number of rotatable bonds is 7. The minimum absolute atomic E-state index is 0.268. The van der Waals surface area contributed by atoms with E-state index in [0.717, 1.165) is 43.7 Å². The Balaban J connectivity index is 1.27. The van der Waals surface area contributed by atoms with Gasteiger partial charge in [-0.3, -0.25) is 4.98 Å². The number of hydrogen-bond donors (Lipinski definition) is 2. The molecule has 6 nitrogen and oxygen atoms in total. The summed E-state index contributed by atoms with van der Waals surface area (Å²) in [6, 6.07) is 16.1. The lowest BCUT2D eigenvalue weighted by Crippen LogP contribution is -2.14. The normalized spacial score (nSPS) is 17.5. The van der Waals surface area contributed by atoms with Crippen molar-refractivity contribution >= 4 is 44.7 Å². The molecule has 0 bridgehead atoms. The van der Waals surface area contributed by atoms with Crippen molar-refractivity contribution in [1.29, 1.82) is 0 Å². The van der Waals surface area contributed by atoms with Crippen LogP contribution in [0.3, 0.4) is 0 Å². The maximum atomic E-state index is 5.48. The van der Waals surface area contributed by atoms with Gasteiger partial charge in [-0.2, -0.15) is 0 Å². The summed E-state index contributed by atoms with van der Waals surface area (Å²) >= 11 is 3.49. The Kier molecular flexibility index (Phi) is 5.10. The van der Waals surface area contributed by atoms with Gasteiger partial charge < -0.3 is 20.1 Å². The average Bonchev–Trinajstić information content (AvgIpc) is 3.35. The Morgan fingerprint density at radius 3 is 2.70 bits per heavy atom.